The summed E-state index contributed by atoms with van der Waals surface area (Å²) in [4.78, 5) is 41.8. The number of benzene rings is 2. The first kappa shape index (κ1) is 25.1. The van der Waals surface area contributed by atoms with Crippen LogP contribution in [0.4, 0.5) is 0 Å². The van der Waals surface area contributed by atoms with Crippen molar-refractivity contribution in [3.05, 3.63) is 65.2 Å². The second-order valence-electron chi connectivity index (χ2n) is 9.72. The number of hydrogen-bond donors (Lipinski definition) is 2. The van der Waals surface area contributed by atoms with E-state index in [1.165, 1.54) is 0 Å². The van der Waals surface area contributed by atoms with Gasteiger partial charge in [0.1, 0.15) is 23.2 Å². The van der Waals surface area contributed by atoms with Gasteiger partial charge in [0.15, 0.2) is 0 Å². The summed E-state index contributed by atoms with van der Waals surface area (Å²) < 4.78 is 4.75. The molecule has 1 fully saturated rings. The number of fused-ring (bicyclic) bond motifs is 3. The van der Waals surface area contributed by atoms with Crippen LogP contribution in [-0.4, -0.2) is 46.6 Å². The first-order chi connectivity index (χ1) is 16.7. The van der Waals surface area contributed by atoms with Gasteiger partial charge in [-0.25, -0.2) is 0 Å². The van der Waals surface area contributed by atoms with E-state index >= 15 is 0 Å². The third-order valence-electron chi connectivity index (χ3n) is 6.94. The second-order valence-corrected chi connectivity index (χ2v) is 11.5. The van der Waals surface area contributed by atoms with Crippen LogP contribution in [0.2, 0.25) is 0 Å². The molecule has 0 unspecified atom stereocenters. The summed E-state index contributed by atoms with van der Waals surface area (Å²) >= 11 is 1.61. The fourth-order valence-electron chi connectivity index (χ4n) is 4.82. The summed E-state index contributed by atoms with van der Waals surface area (Å²) in [6, 6.07) is 13.6. The highest BCUT2D eigenvalue weighted by Gasteiger charge is 2.57. The van der Waals surface area contributed by atoms with Crippen LogP contribution in [0.5, 0.6) is 5.75 Å². The van der Waals surface area contributed by atoms with E-state index in [9.17, 15) is 14.4 Å². The molecule has 0 aromatic heterocycles. The molecular formula is C27H33N3O4S. The van der Waals surface area contributed by atoms with E-state index in [1.54, 1.807) is 23.8 Å². The summed E-state index contributed by atoms with van der Waals surface area (Å²) in [6.07, 6.45) is 0.719. The van der Waals surface area contributed by atoms with Gasteiger partial charge in [-0.05, 0) is 49.1 Å². The first-order valence-electron chi connectivity index (χ1n) is 12.0. The highest BCUT2D eigenvalue weighted by atomic mass is 32.2. The third kappa shape index (κ3) is 4.76. The minimum atomic E-state index is -0.710. The van der Waals surface area contributed by atoms with Gasteiger partial charge in [0, 0.05) is 16.9 Å². The number of amides is 3. The van der Waals surface area contributed by atoms with Crippen molar-refractivity contribution in [2.24, 2.45) is 5.92 Å². The van der Waals surface area contributed by atoms with Crippen molar-refractivity contribution >= 4 is 29.5 Å². The zero-order valence-corrected chi connectivity index (χ0v) is 21.6. The third-order valence-corrected chi connectivity index (χ3v) is 8.47. The Hall–Kier alpha value is -3.00. The summed E-state index contributed by atoms with van der Waals surface area (Å²) in [7, 11) is 1.60. The molecule has 2 aromatic rings. The molecule has 2 aliphatic rings. The fraction of sp³-hybridized carbons (Fsp3) is 0.444. The highest BCUT2D eigenvalue weighted by molar-refractivity contribution is 8.01. The summed E-state index contributed by atoms with van der Waals surface area (Å²) in [5, 5.41) is 5.76. The number of methoxy groups -OCH3 is 1. The Kier molecular flexibility index (Phi) is 7.12. The molecule has 2 aromatic carbocycles. The van der Waals surface area contributed by atoms with Crippen molar-refractivity contribution in [3.63, 3.8) is 0 Å². The van der Waals surface area contributed by atoms with Gasteiger partial charge in [-0.3, -0.25) is 14.4 Å². The maximum Gasteiger partial charge on any atom is 0.256 e. The average molecular weight is 496 g/mol. The summed E-state index contributed by atoms with van der Waals surface area (Å²) in [5.41, 5.74) is 2.50. The fourth-order valence-corrected chi connectivity index (χ4v) is 6.41. The lowest BCUT2D eigenvalue weighted by molar-refractivity contribution is -0.133. The molecule has 2 heterocycles. The molecule has 7 nitrogen and oxygen atoms in total. The van der Waals surface area contributed by atoms with Crippen LogP contribution >= 0.6 is 11.8 Å². The predicted octanol–water partition coefficient (Wildman–Crippen LogP) is 3.89. The molecule has 1 saturated heterocycles. The number of nitrogens with zero attached hydrogens (tertiary/aromatic N) is 1. The lowest BCUT2D eigenvalue weighted by atomic mass is 9.95. The van der Waals surface area contributed by atoms with Gasteiger partial charge in [-0.2, -0.15) is 0 Å². The lowest BCUT2D eigenvalue weighted by Gasteiger charge is -2.32. The molecule has 0 aliphatic carbocycles. The second kappa shape index (κ2) is 9.93. The van der Waals surface area contributed by atoms with E-state index in [0.29, 0.717) is 12.1 Å². The standard InChI is InChI=1S/C27H33N3O4S/c1-6-16(2)21(23(31)28-15-17-10-9-11-18(14-17)34-5)29-24(32)22-27(3,4)35-26-20-13-8-7-12-19(20)25(33)30(22)26/h7-14,16,21-22,26H,6,15H2,1-5H3,(H,28,31)(H,29,32)/t16-,21-,22-,26+/m0/s1. The SMILES string of the molecule is CC[C@H](C)[C@H](NC(=O)[C@@H]1N2C(=O)c3ccccc3[C@H]2SC1(C)C)C(=O)NCc1cccc(OC)c1. The maximum atomic E-state index is 13.7. The van der Waals surface area contributed by atoms with Crippen LogP contribution in [0.15, 0.2) is 48.5 Å². The van der Waals surface area contributed by atoms with Gasteiger partial charge in [-0.1, -0.05) is 50.6 Å². The number of ether oxygens (including phenoxy) is 1. The lowest BCUT2D eigenvalue weighted by Crippen LogP contribution is -2.58. The van der Waals surface area contributed by atoms with E-state index < -0.39 is 16.8 Å². The van der Waals surface area contributed by atoms with Gasteiger partial charge in [0.05, 0.1) is 7.11 Å². The van der Waals surface area contributed by atoms with E-state index in [4.69, 9.17) is 4.74 Å². The zero-order chi connectivity index (χ0) is 25.3. The van der Waals surface area contributed by atoms with Crippen LogP contribution in [0.1, 0.15) is 61.0 Å². The van der Waals surface area contributed by atoms with Gasteiger partial charge in [-0.15, -0.1) is 11.8 Å². The van der Waals surface area contributed by atoms with Crippen LogP contribution in [0, 0.1) is 5.92 Å². The molecule has 0 bridgehead atoms. The molecule has 8 heteroatoms. The number of thioether (sulfide) groups is 1. The summed E-state index contributed by atoms with van der Waals surface area (Å²) in [6.45, 7) is 8.23. The Bertz CT molecular complexity index is 1130. The molecule has 4 rings (SSSR count). The molecule has 2 N–H and O–H groups in total. The Morgan fingerprint density at radius 3 is 2.63 bits per heavy atom. The number of carbonyl (C=O) groups excluding carboxylic acids is 3. The highest BCUT2D eigenvalue weighted by Crippen LogP contribution is 2.56. The van der Waals surface area contributed by atoms with Crippen molar-refractivity contribution < 1.29 is 19.1 Å². The maximum absolute atomic E-state index is 13.7. The number of rotatable bonds is 8. The van der Waals surface area contributed by atoms with Crippen molar-refractivity contribution in [2.45, 2.75) is 62.9 Å². The molecule has 0 spiro atoms. The quantitative estimate of drug-likeness (QED) is 0.580. The summed E-state index contributed by atoms with van der Waals surface area (Å²) in [5.74, 6) is -0.0371. The molecular weight excluding hydrogens is 462 g/mol. The molecule has 35 heavy (non-hydrogen) atoms. The average Bonchev–Trinajstić information content (AvgIpc) is 3.29. The molecule has 4 atom stereocenters. The van der Waals surface area contributed by atoms with E-state index in [0.717, 1.165) is 23.3 Å². The van der Waals surface area contributed by atoms with Gasteiger partial charge >= 0.3 is 0 Å². The van der Waals surface area contributed by atoms with Crippen molar-refractivity contribution in [2.75, 3.05) is 7.11 Å². The molecule has 0 radical (unpaired) electrons. The number of carbonyl (C=O) groups is 3. The minimum absolute atomic E-state index is 0.0799. The minimum Gasteiger partial charge on any atom is -0.497 e. The Labute approximate surface area is 211 Å². The zero-order valence-electron chi connectivity index (χ0n) is 20.8. The largest absolute Gasteiger partial charge is 0.497 e. The van der Waals surface area contributed by atoms with Gasteiger partial charge < -0.3 is 20.3 Å². The Balaban J connectivity index is 1.51. The van der Waals surface area contributed by atoms with E-state index in [-0.39, 0.29) is 29.0 Å². The van der Waals surface area contributed by atoms with Crippen molar-refractivity contribution in [1.29, 1.82) is 0 Å². The molecule has 3 amide bonds. The normalized spacial score (nSPS) is 21.6. The van der Waals surface area contributed by atoms with E-state index in [1.807, 2.05) is 76.2 Å². The molecule has 0 saturated carbocycles. The Morgan fingerprint density at radius 1 is 1.17 bits per heavy atom. The van der Waals surface area contributed by atoms with Crippen LogP contribution in [-0.2, 0) is 16.1 Å². The van der Waals surface area contributed by atoms with Crippen molar-refractivity contribution in [3.8, 4) is 5.75 Å². The predicted molar refractivity (Wildman–Crippen MR) is 137 cm³/mol. The topological polar surface area (TPSA) is 87.7 Å². The van der Waals surface area contributed by atoms with Gasteiger partial charge in [0.2, 0.25) is 11.8 Å². The van der Waals surface area contributed by atoms with Gasteiger partial charge in [0.25, 0.3) is 5.91 Å². The Morgan fingerprint density at radius 2 is 1.91 bits per heavy atom. The first-order valence-corrected chi connectivity index (χ1v) is 12.9. The smallest absolute Gasteiger partial charge is 0.256 e. The van der Waals surface area contributed by atoms with E-state index in [2.05, 4.69) is 10.6 Å². The van der Waals surface area contributed by atoms with Crippen LogP contribution in [0.3, 0.4) is 0 Å². The van der Waals surface area contributed by atoms with Crippen LogP contribution < -0.4 is 15.4 Å². The van der Waals surface area contributed by atoms with Crippen molar-refractivity contribution in [1.82, 2.24) is 15.5 Å². The monoisotopic (exact) mass is 495 g/mol. The molecule has 186 valence electrons. The molecule has 2 aliphatic heterocycles. The number of hydrogen-bond acceptors (Lipinski definition) is 5. The van der Waals surface area contributed by atoms with Crippen LogP contribution in [0.25, 0.3) is 0 Å². The number of nitrogens with one attached hydrogen (secondary N) is 2.